The maximum Gasteiger partial charge on any atom is 0.262 e. The van der Waals surface area contributed by atoms with E-state index >= 15 is 0 Å². The van der Waals surface area contributed by atoms with Crippen molar-refractivity contribution in [1.29, 1.82) is 0 Å². The summed E-state index contributed by atoms with van der Waals surface area (Å²) in [4.78, 5) is 48.7. The Labute approximate surface area is 189 Å². The number of allylic oxidation sites excluding steroid dienone is 1. The molecule has 4 rings (SSSR count). The van der Waals surface area contributed by atoms with Crippen LogP contribution < -0.4 is 15.0 Å². The maximum absolute atomic E-state index is 12.7. The van der Waals surface area contributed by atoms with Gasteiger partial charge in [-0.3, -0.25) is 14.4 Å². The molecule has 2 aliphatic rings. The SMILES string of the molecule is COc1ccc(N2CCN(C(=O)Cc3csc(NC(=O)C4C=CC=NC4=O)n3)CC2)cc1. The van der Waals surface area contributed by atoms with Crippen molar-refractivity contribution in [3.05, 3.63) is 47.5 Å². The smallest absolute Gasteiger partial charge is 0.262 e. The zero-order chi connectivity index (χ0) is 22.5. The number of ether oxygens (including phenoxy) is 1. The van der Waals surface area contributed by atoms with E-state index in [2.05, 4.69) is 20.2 Å². The highest BCUT2D eigenvalue weighted by Gasteiger charge is 2.26. The Morgan fingerprint density at radius 3 is 2.62 bits per heavy atom. The lowest BCUT2D eigenvalue weighted by atomic mass is 10.1. The Bertz CT molecular complexity index is 1050. The summed E-state index contributed by atoms with van der Waals surface area (Å²) in [5.41, 5.74) is 1.70. The van der Waals surface area contributed by atoms with E-state index in [9.17, 15) is 14.4 Å². The molecule has 1 aromatic carbocycles. The van der Waals surface area contributed by atoms with Gasteiger partial charge < -0.3 is 19.9 Å². The molecule has 1 N–H and O–H groups in total. The van der Waals surface area contributed by atoms with E-state index in [1.165, 1.54) is 23.6 Å². The fourth-order valence-electron chi connectivity index (χ4n) is 3.54. The molecular formula is C22H23N5O4S. The molecule has 1 aromatic heterocycles. The Morgan fingerprint density at radius 1 is 1.19 bits per heavy atom. The maximum atomic E-state index is 12.7. The summed E-state index contributed by atoms with van der Waals surface area (Å²) in [6, 6.07) is 7.90. The summed E-state index contributed by atoms with van der Waals surface area (Å²) in [5, 5.41) is 4.74. The van der Waals surface area contributed by atoms with Crippen LogP contribution in [-0.4, -0.2) is 67.1 Å². The molecule has 3 amide bonds. The number of aliphatic imine (C=N–C) groups is 1. The number of nitrogens with zero attached hydrogens (tertiary/aromatic N) is 4. The van der Waals surface area contributed by atoms with Gasteiger partial charge in [-0.15, -0.1) is 11.3 Å². The molecule has 2 aromatic rings. The molecule has 1 fully saturated rings. The number of hydrogen-bond donors (Lipinski definition) is 1. The molecule has 9 nitrogen and oxygen atoms in total. The molecule has 0 spiro atoms. The minimum Gasteiger partial charge on any atom is -0.497 e. The third-order valence-corrected chi connectivity index (χ3v) is 6.13. The van der Waals surface area contributed by atoms with Gasteiger partial charge in [0.1, 0.15) is 11.7 Å². The van der Waals surface area contributed by atoms with Crippen LogP contribution >= 0.6 is 11.3 Å². The minimum absolute atomic E-state index is 0.00212. The van der Waals surface area contributed by atoms with Gasteiger partial charge in [-0.25, -0.2) is 9.98 Å². The number of amides is 3. The lowest BCUT2D eigenvalue weighted by Crippen LogP contribution is -2.49. The van der Waals surface area contributed by atoms with Crippen molar-refractivity contribution in [2.75, 3.05) is 43.5 Å². The van der Waals surface area contributed by atoms with Gasteiger partial charge in [0.25, 0.3) is 5.91 Å². The standard InChI is InChI=1S/C22H23N5O4S/c1-31-17-6-4-16(5-7-17)26-9-11-27(12-10-26)19(28)13-15-14-32-22(24-15)25-21(30)18-3-2-8-23-20(18)29/h2-8,14,18H,9-13H2,1H3,(H,24,25,30). The van der Waals surface area contributed by atoms with Gasteiger partial charge in [-0.05, 0) is 30.3 Å². The molecule has 0 aliphatic carbocycles. The normalized spacial score (nSPS) is 18.0. The summed E-state index contributed by atoms with van der Waals surface area (Å²) in [6.07, 6.45) is 4.58. The van der Waals surface area contributed by atoms with Gasteiger partial charge in [0, 0.05) is 43.5 Å². The van der Waals surface area contributed by atoms with E-state index in [0.717, 1.165) is 24.5 Å². The van der Waals surface area contributed by atoms with Crippen LogP contribution in [0.3, 0.4) is 0 Å². The van der Waals surface area contributed by atoms with Crippen LogP contribution in [0.4, 0.5) is 10.8 Å². The summed E-state index contributed by atoms with van der Waals surface area (Å²) in [5.74, 6) is -1.12. The number of piperazine rings is 1. The number of nitrogens with one attached hydrogen (secondary N) is 1. The number of aromatic nitrogens is 1. The highest BCUT2D eigenvalue weighted by atomic mass is 32.1. The van der Waals surface area contributed by atoms with Gasteiger partial charge >= 0.3 is 0 Å². The van der Waals surface area contributed by atoms with Gasteiger partial charge in [-0.2, -0.15) is 0 Å². The highest BCUT2D eigenvalue weighted by molar-refractivity contribution is 7.14. The van der Waals surface area contributed by atoms with Crippen molar-refractivity contribution >= 4 is 46.1 Å². The van der Waals surface area contributed by atoms with Crippen LogP contribution in [0.5, 0.6) is 5.75 Å². The molecular weight excluding hydrogens is 430 g/mol. The van der Waals surface area contributed by atoms with Gasteiger partial charge in [-0.1, -0.05) is 6.08 Å². The Hall–Kier alpha value is -3.53. The second-order valence-electron chi connectivity index (χ2n) is 7.35. The average Bonchev–Trinajstić information content (AvgIpc) is 3.26. The fourth-order valence-corrected chi connectivity index (χ4v) is 4.26. The first kappa shape index (κ1) is 21.7. The largest absolute Gasteiger partial charge is 0.497 e. The molecule has 1 unspecified atom stereocenters. The van der Waals surface area contributed by atoms with Crippen LogP contribution in [-0.2, 0) is 20.8 Å². The van der Waals surface area contributed by atoms with Crippen LogP contribution in [0.25, 0.3) is 0 Å². The average molecular weight is 454 g/mol. The summed E-state index contributed by atoms with van der Waals surface area (Å²) < 4.78 is 5.20. The first-order valence-corrected chi connectivity index (χ1v) is 11.1. The number of thiazole rings is 1. The third kappa shape index (κ3) is 5.02. The molecule has 10 heteroatoms. The minimum atomic E-state index is -0.948. The van der Waals surface area contributed by atoms with Gasteiger partial charge in [0.2, 0.25) is 11.8 Å². The van der Waals surface area contributed by atoms with E-state index in [4.69, 9.17) is 4.74 Å². The lowest BCUT2D eigenvalue weighted by molar-refractivity contribution is -0.131. The second-order valence-corrected chi connectivity index (χ2v) is 8.21. The Morgan fingerprint density at radius 2 is 1.94 bits per heavy atom. The van der Waals surface area contributed by atoms with E-state index in [0.29, 0.717) is 23.9 Å². The first-order chi connectivity index (χ1) is 15.5. The van der Waals surface area contributed by atoms with Crippen molar-refractivity contribution in [1.82, 2.24) is 9.88 Å². The molecule has 0 radical (unpaired) electrons. The Balaban J connectivity index is 1.27. The molecule has 0 bridgehead atoms. The molecule has 166 valence electrons. The predicted molar refractivity (Wildman–Crippen MR) is 122 cm³/mol. The number of carbonyl (C=O) groups excluding carboxylic acids is 3. The topological polar surface area (TPSA) is 104 Å². The van der Waals surface area contributed by atoms with Crippen molar-refractivity contribution in [2.24, 2.45) is 10.9 Å². The molecule has 1 atom stereocenters. The lowest BCUT2D eigenvalue weighted by Gasteiger charge is -2.36. The zero-order valence-corrected chi connectivity index (χ0v) is 18.4. The highest BCUT2D eigenvalue weighted by Crippen LogP contribution is 2.22. The number of carbonyl (C=O) groups is 3. The quantitative estimate of drug-likeness (QED) is 0.669. The molecule has 32 heavy (non-hydrogen) atoms. The fraction of sp³-hybridized carbons (Fsp3) is 0.318. The van der Waals surface area contributed by atoms with Gasteiger partial charge in [0.05, 0.1) is 19.2 Å². The Kier molecular flexibility index (Phi) is 6.60. The van der Waals surface area contributed by atoms with Crippen LogP contribution in [0.15, 0.2) is 46.8 Å². The number of anilines is 2. The summed E-state index contributed by atoms with van der Waals surface area (Å²) >= 11 is 1.23. The van der Waals surface area contributed by atoms with Crippen molar-refractivity contribution < 1.29 is 19.1 Å². The van der Waals surface area contributed by atoms with E-state index in [1.54, 1.807) is 18.6 Å². The first-order valence-electron chi connectivity index (χ1n) is 10.2. The van der Waals surface area contributed by atoms with E-state index in [1.807, 2.05) is 29.2 Å². The van der Waals surface area contributed by atoms with Crippen molar-refractivity contribution in [3.8, 4) is 5.75 Å². The van der Waals surface area contributed by atoms with Crippen LogP contribution in [0.2, 0.25) is 0 Å². The number of dihydropyridines is 1. The predicted octanol–water partition coefficient (Wildman–Crippen LogP) is 1.76. The molecule has 2 aliphatic heterocycles. The summed E-state index contributed by atoms with van der Waals surface area (Å²) in [7, 11) is 1.64. The van der Waals surface area contributed by atoms with Crippen LogP contribution in [0, 0.1) is 5.92 Å². The molecule has 0 saturated carbocycles. The second kappa shape index (κ2) is 9.73. The van der Waals surface area contributed by atoms with Crippen LogP contribution in [0.1, 0.15) is 5.69 Å². The van der Waals surface area contributed by atoms with E-state index in [-0.39, 0.29) is 12.3 Å². The van der Waals surface area contributed by atoms with E-state index < -0.39 is 17.7 Å². The van der Waals surface area contributed by atoms with Crippen molar-refractivity contribution in [3.63, 3.8) is 0 Å². The summed E-state index contributed by atoms with van der Waals surface area (Å²) in [6.45, 7) is 2.77. The number of methoxy groups -OCH3 is 1. The van der Waals surface area contributed by atoms with Crippen molar-refractivity contribution in [2.45, 2.75) is 6.42 Å². The third-order valence-electron chi connectivity index (χ3n) is 5.32. The zero-order valence-electron chi connectivity index (χ0n) is 17.6. The molecule has 3 heterocycles. The number of rotatable bonds is 6. The molecule has 1 saturated heterocycles. The van der Waals surface area contributed by atoms with Gasteiger partial charge in [0.15, 0.2) is 5.13 Å². The monoisotopic (exact) mass is 453 g/mol. The number of hydrogen-bond acceptors (Lipinski definition) is 7. The number of benzene rings is 1.